The van der Waals surface area contributed by atoms with Crippen molar-refractivity contribution < 1.29 is 30.0 Å². The quantitative estimate of drug-likeness (QED) is 0.572. The number of aromatic hydroxyl groups is 1. The largest absolute Gasteiger partial charge is 0.508 e. The van der Waals surface area contributed by atoms with E-state index >= 15 is 0 Å². The van der Waals surface area contributed by atoms with Crippen molar-refractivity contribution in [3.05, 3.63) is 23.8 Å². The molecule has 0 saturated heterocycles. The van der Waals surface area contributed by atoms with E-state index in [9.17, 15) is 20.1 Å². The molecule has 6 nitrogen and oxygen atoms in total. The van der Waals surface area contributed by atoms with E-state index in [2.05, 4.69) is 0 Å². The highest BCUT2D eigenvalue weighted by Crippen LogP contribution is 2.30. The summed E-state index contributed by atoms with van der Waals surface area (Å²) in [4.78, 5) is 10.5. The second-order valence-electron chi connectivity index (χ2n) is 3.15. The van der Waals surface area contributed by atoms with E-state index in [-0.39, 0.29) is 17.1 Å². The molecular weight excluding hydrogens is 216 g/mol. The van der Waals surface area contributed by atoms with Gasteiger partial charge >= 0.3 is 5.97 Å². The van der Waals surface area contributed by atoms with Gasteiger partial charge in [0.2, 0.25) is 0 Å². The predicted octanol–water partition coefficient (Wildman–Crippen LogP) is -0.120. The molecule has 1 aromatic rings. The molecule has 6 heteroatoms. The van der Waals surface area contributed by atoms with Crippen LogP contribution < -0.4 is 4.74 Å². The van der Waals surface area contributed by atoms with Crippen LogP contribution in [-0.2, 0) is 4.79 Å². The number of hydrogen-bond donors (Lipinski definition) is 4. The van der Waals surface area contributed by atoms with Gasteiger partial charge in [-0.05, 0) is 18.2 Å². The lowest BCUT2D eigenvalue weighted by atomic mass is 10.0. The van der Waals surface area contributed by atoms with Crippen molar-refractivity contribution in [1.29, 1.82) is 0 Å². The highest BCUT2D eigenvalue weighted by molar-refractivity contribution is 5.73. The number of benzene rings is 1. The highest BCUT2D eigenvalue weighted by atomic mass is 16.5. The predicted molar refractivity (Wildman–Crippen MR) is 53.3 cm³/mol. The molecule has 1 aromatic carbocycles. The number of phenolic OH excluding ortho intramolecular Hbond substituents is 1. The lowest BCUT2D eigenvalue weighted by Gasteiger charge is -2.17. The average Bonchev–Trinajstić information content (AvgIpc) is 2.26. The van der Waals surface area contributed by atoms with E-state index in [1.807, 2.05) is 0 Å². The van der Waals surface area contributed by atoms with Crippen LogP contribution in [0.25, 0.3) is 0 Å². The number of carboxylic acid groups (broad SMARTS) is 1. The van der Waals surface area contributed by atoms with Crippen molar-refractivity contribution in [1.82, 2.24) is 0 Å². The number of methoxy groups -OCH3 is 1. The van der Waals surface area contributed by atoms with Gasteiger partial charge in [-0.25, -0.2) is 4.79 Å². The monoisotopic (exact) mass is 228 g/mol. The topological polar surface area (TPSA) is 107 Å². The first-order valence-corrected chi connectivity index (χ1v) is 4.43. The molecule has 0 heterocycles. The summed E-state index contributed by atoms with van der Waals surface area (Å²) in [7, 11) is 1.33. The third-order valence-corrected chi connectivity index (χ3v) is 2.08. The summed E-state index contributed by atoms with van der Waals surface area (Å²) in [5.41, 5.74) is 0.0115. The molecule has 4 N–H and O–H groups in total. The van der Waals surface area contributed by atoms with E-state index in [4.69, 9.17) is 9.84 Å². The minimum Gasteiger partial charge on any atom is -0.508 e. The van der Waals surface area contributed by atoms with Crippen LogP contribution >= 0.6 is 0 Å². The Balaban J connectivity index is 3.10. The Morgan fingerprint density at radius 2 is 2.00 bits per heavy atom. The fourth-order valence-electron chi connectivity index (χ4n) is 1.26. The van der Waals surface area contributed by atoms with Crippen LogP contribution in [0.1, 0.15) is 11.7 Å². The van der Waals surface area contributed by atoms with Gasteiger partial charge in [-0.2, -0.15) is 0 Å². The summed E-state index contributed by atoms with van der Waals surface area (Å²) in [6.45, 7) is 0. The Bertz CT molecular complexity index is 389. The van der Waals surface area contributed by atoms with Gasteiger partial charge in [0.05, 0.1) is 7.11 Å². The smallest absolute Gasteiger partial charge is 0.335 e. The normalized spacial score (nSPS) is 14.2. The van der Waals surface area contributed by atoms with Gasteiger partial charge in [-0.15, -0.1) is 0 Å². The number of carbonyl (C=O) groups is 1. The van der Waals surface area contributed by atoms with Gasteiger partial charge in [0.1, 0.15) is 17.6 Å². The molecule has 0 aliphatic rings. The summed E-state index contributed by atoms with van der Waals surface area (Å²) in [6, 6.07) is 3.82. The second-order valence-corrected chi connectivity index (χ2v) is 3.15. The van der Waals surface area contributed by atoms with Crippen molar-refractivity contribution in [2.45, 2.75) is 12.2 Å². The molecule has 2 unspecified atom stereocenters. The molecule has 0 amide bonds. The van der Waals surface area contributed by atoms with Gasteiger partial charge in [-0.1, -0.05) is 0 Å². The Morgan fingerprint density at radius 1 is 1.38 bits per heavy atom. The minimum atomic E-state index is -1.98. The molecule has 0 spiro atoms. The first-order chi connectivity index (χ1) is 7.47. The molecule has 16 heavy (non-hydrogen) atoms. The van der Waals surface area contributed by atoms with Crippen LogP contribution in [-0.4, -0.2) is 39.6 Å². The van der Waals surface area contributed by atoms with E-state index in [0.29, 0.717) is 0 Å². The number of phenols is 1. The minimum absolute atomic E-state index is 0.0115. The molecule has 0 fully saturated rings. The fraction of sp³-hybridized carbons (Fsp3) is 0.300. The molecule has 0 aromatic heterocycles. The van der Waals surface area contributed by atoms with E-state index in [1.54, 1.807) is 0 Å². The van der Waals surface area contributed by atoms with Crippen molar-refractivity contribution in [2.75, 3.05) is 7.11 Å². The zero-order chi connectivity index (χ0) is 12.3. The van der Waals surface area contributed by atoms with Crippen LogP contribution in [0.3, 0.4) is 0 Å². The number of ether oxygens (including phenoxy) is 1. The molecule has 0 bridgehead atoms. The lowest BCUT2D eigenvalue weighted by molar-refractivity contribution is -0.153. The van der Waals surface area contributed by atoms with Gasteiger partial charge in [-0.3, -0.25) is 0 Å². The second kappa shape index (κ2) is 4.82. The Kier molecular flexibility index (Phi) is 3.70. The van der Waals surface area contributed by atoms with E-state index in [0.717, 1.165) is 6.07 Å². The molecule has 2 atom stereocenters. The van der Waals surface area contributed by atoms with Crippen molar-refractivity contribution >= 4 is 5.97 Å². The van der Waals surface area contributed by atoms with Gasteiger partial charge in [0, 0.05) is 5.56 Å². The molecule has 0 aliphatic heterocycles. The summed E-state index contributed by atoms with van der Waals surface area (Å²) in [6.07, 6.45) is -3.64. The van der Waals surface area contributed by atoms with Crippen molar-refractivity contribution in [2.24, 2.45) is 0 Å². The maximum absolute atomic E-state index is 10.5. The first kappa shape index (κ1) is 12.3. The zero-order valence-corrected chi connectivity index (χ0v) is 8.49. The van der Waals surface area contributed by atoms with Crippen LogP contribution in [0.4, 0.5) is 0 Å². The summed E-state index contributed by atoms with van der Waals surface area (Å²) in [5, 5.41) is 36.5. The van der Waals surface area contributed by atoms with Gasteiger partial charge < -0.3 is 25.2 Å². The number of hydrogen-bond acceptors (Lipinski definition) is 5. The highest BCUT2D eigenvalue weighted by Gasteiger charge is 2.27. The fourth-order valence-corrected chi connectivity index (χ4v) is 1.26. The Morgan fingerprint density at radius 3 is 2.50 bits per heavy atom. The lowest BCUT2D eigenvalue weighted by Crippen LogP contribution is -2.27. The average molecular weight is 228 g/mol. The first-order valence-electron chi connectivity index (χ1n) is 4.43. The SMILES string of the molecule is COc1ccc(O)cc1C(O)C(O)C(=O)O. The van der Waals surface area contributed by atoms with Gasteiger partial charge in [0.25, 0.3) is 0 Å². The van der Waals surface area contributed by atoms with E-state index in [1.165, 1.54) is 19.2 Å². The molecule has 0 radical (unpaired) electrons. The molecule has 0 saturated carbocycles. The molecule has 88 valence electrons. The Labute approximate surface area is 91.3 Å². The van der Waals surface area contributed by atoms with Crippen LogP contribution in [0.15, 0.2) is 18.2 Å². The van der Waals surface area contributed by atoms with Gasteiger partial charge in [0.15, 0.2) is 6.10 Å². The summed E-state index contributed by atoms with van der Waals surface area (Å²) < 4.78 is 4.88. The Hall–Kier alpha value is -1.79. The zero-order valence-electron chi connectivity index (χ0n) is 8.49. The standard InChI is InChI=1S/C10H12O6/c1-16-7-3-2-5(11)4-6(7)8(12)9(13)10(14)15/h2-4,8-9,11-13H,1H3,(H,14,15). The summed E-state index contributed by atoms with van der Waals surface area (Å²) in [5.74, 6) is -1.53. The van der Waals surface area contributed by atoms with Crippen LogP contribution in [0.5, 0.6) is 11.5 Å². The number of aliphatic hydroxyl groups excluding tert-OH is 2. The number of aliphatic hydroxyl groups is 2. The van der Waals surface area contributed by atoms with Crippen LogP contribution in [0, 0.1) is 0 Å². The summed E-state index contributed by atoms with van der Waals surface area (Å²) >= 11 is 0. The third kappa shape index (κ3) is 2.41. The van der Waals surface area contributed by atoms with Crippen molar-refractivity contribution in [3.63, 3.8) is 0 Å². The number of carboxylic acids is 1. The number of aliphatic carboxylic acids is 1. The van der Waals surface area contributed by atoms with Crippen molar-refractivity contribution in [3.8, 4) is 11.5 Å². The van der Waals surface area contributed by atoms with E-state index < -0.39 is 18.2 Å². The van der Waals surface area contributed by atoms with Crippen LogP contribution in [0.2, 0.25) is 0 Å². The molecule has 1 rings (SSSR count). The maximum atomic E-state index is 10.5. The number of rotatable bonds is 4. The third-order valence-electron chi connectivity index (χ3n) is 2.08. The maximum Gasteiger partial charge on any atom is 0.335 e. The molecular formula is C10H12O6. The molecule has 0 aliphatic carbocycles.